The van der Waals surface area contributed by atoms with Crippen LogP contribution in [0.15, 0.2) is 0 Å². The number of hydrogen-bond acceptors (Lipinski definition) is 3. The fourth-order valence-electron chi connectivity index (χ4n) is 3.49. The first kappa shape index (κ1) is 13.8. The summed E-state index contributed by atoms with van der Waals surface area (Å²) in [5, 5.41) is 8.89. The van der Waals surface area contributed by atoms with E-state index >= 15 is 0 Å². The highest BCUT2D eigenvalue weighted by molar-refractivity contribution is 5.67. The average Bonchev–Trinajstić information content (AvgIpc) is 2.38. The van der Waals surface area contributed by atoms with E-state index in [4.69, 9.17) is 9.84 Å². The molecule has 1 aliphatic heterocycles. The van der Waals surface area contributed by atoms with Gasteiger partial charge in [0.05, 0.1) is 6.10 Å². The molecule has 0 bridgehead atoms. The van der Waals surface area contributed by atoms with E-state index in [0.717, 1.165) is 38.8 Å². The summed E-state index contributed by atoms with van der Waals surface area (Å²) in [4.78, 5) is 13.3. The molecule has 4 heteroatoms. The Kier molecular flexibility index (Phi) is 5.01. The topological polar surface area (TPSA) is 49.8 Å². The third kappa shape index (κ3) is 3.69. The van der Waals surface area contributed by atoms with Gasteiger partial charge in [0.15, 0.2) is 0 Å². The van der Waals surface area contributed by atoms with Crippen molar-refractivity contribution in [1.82, 2.24) is 4.90 Å². The van der Waals surface area contributed by atoms with Gasteiger partial charge < -0.3 is 14.7 Å². The van der Waals surface area contributed by atoms with E-state index < -0.39 is 5.97 Å². The number of carbonyl (C=O) groups is 1. The molecule has 0 aromatic rings. The number of carboxylic acid groups (broad SMARTS) is 1. The van der Waals surface area contributed by atoms with Crippen molar-refractivity contribution in [3.05, 3.63) is 0 Å². The third-order valence-corrected chi connectivity index (χ3v) is 4.51. The molecule has 2 aliphatic rings. The van der Waals surface area contributed by atoms with Crippen LogP contribution in [-0.2, 0) is 9.53 Å². The molecule has 4 nitrogen and oxygen atoms in total. The first-order chi connectivity index (χ1) is 8.69. The molecule has 104 valence electrons. The highest BCUT2D eigenvalue weighted by Crippen LogP contribution is 2.29. The van der Waals surface area contributed by atoms with E-state index in [1.54, 1.807) is 7.11 Å². The van der Waals surface area contributed by atoms with Gasteiger partial charge in [-0.1, -0.05) is 0 Å². The Hall–Kier alpha value is -0.610. The van der Waals surface area contributed by atoms with Crippen molar-refractivity contribution in [1.29, 1.82) is 0 Å². The van der Waals surface area contributed by atoms with Crippen LogP contribution in [0.4, 0.5) is 0 Å². The zero-order chi connectivity index (χ0) is 13.0. The monoisotopic (exact) mass is 255 g/mol. The van der Waals surface area contributed by atoms with Gasteiger partial charge in [-0.05, 0) is 51.0 Å². The van der Waals surface area contributed by atoms with E-state index in [1.807, 2.05) is 0 Å². The average molecular weight is 255 g/mol. The van der Waals surface area contributed by atoms with E-state index in [0.29, 0.717) is 24.5 Å². The molecule has 0 radical (unpaired) electrons. The van der Waals surface area contributed by atoms with Crippen LogP contribution in [0.5, 0.6) is 0 Å². The molecule has 1 aliphatic carbocycles. The number of rotatable bonds is 4. The summed E-state index contributed by atoms with van der Waals surface area (Å²) < 4.78 is 5.40. The molecule has 18 heavy (non-hydrogen) atoms. The molecule has 1 saturated heterocycles. The number of hydrogen-bond donors (Lipinski definition) is 1. The highest BCUT2D eigenvalue weighted by Gasteiger charge is 2.30. The van der Waals surface area contributed by atoms with Gasteiger partial charge in [-0.2, -0.15) is 0 Å². The maximum absolute atomic E-state index is 10.8. The van der Waals surface area contributed by atoms with Gasteiger partial charge in [0.25, 0.3) is 0 Å². The summed E-state index contributed by atoms with van der Waals surface area (Å²) >= 11 is 0. The van der Waals surface area contributed by atoms with Gasteiger partial charge in [-0.25, -0.2) is 0 Å². The third-order valence-electron chi connectivity index (χ3n) is 4.51. The number of methoxy groups -OCH3 is 1. The van der Waals surface area contributed by atoms with E-state index in [-0.39, 0.29) is 0 Å². The van der Waals surface area contributed by atoms with Crippen molar-refractivity contribution in [2.24, 2.45) is 5.92 Å². The summed E-state index contributed by atoms with van der Waals surface area (Å²) in [6, 6.07) is 0.660. The first-order valence-corrected chi connectivity index (χ1v) is 7.17. The minimum absolute atomic E-state index is 0.337. The summed E-state index contributed by atoms with van der Waals surface area (Å²) in [7, 11) is 1.80. The van der Waals surface area contributed by atoms with Crippen LogP contribution in [0.25, 0.3) is 0 Å². The summed E-state index contributed by atoms with van der Waals surface area (Å²) in [5.41, 5.74) is 0. The molecular formula is C14H25NO3. The molecule has 0 aromatic carbocycles. The van der Waals surface area contributed by atoms with Crippen LogP contribution in [0.3, 0.4) is 0 Å². The van der Waals surface area contributed by atoms with Gasteiger partial charge in [0, 0.05) is 26.1 Å². The molecule has 2 fully saturated rings. The van der Waals surface area contributed by atoms with E-state index in [2.05, 4.69) is 4.90 Å². The number of likely N-dealkylation sites (tertiary alicyclic amines) is 1. The SMILES string of the molecule is COC1CCC(N2CCCC(CC(=O)O)C2)CC1. The van der Waals surface area contributed by atoms with Gasteiger partial charge in [0.1, 0.15) is 0 Å². The Morgan fingerprint density at radius 1 is 1.28 bits per heavy atom. The van der Waals surface area contributed by atoms with E-state index in [9.17, 15) is 4.79 Å². The largest absolute Gasteiger partial charge is 0.481 e. The molecule has 0 aromatic heterocycles. The smallest absolute Gasteiger partial charge is 0.303 e. The predicted molar refractivity (Wildman–Crippen MR) is 69.6 cm³/mol. The van der Waals surface area contributed by atoms with Gasteiger partial charge >= 0.3 is 5.97 Å². The minimum Gasteiger partial charge on any atom is -0.481 e. The number of ether oxygens (including phenoxy) is 1. The second-order valence-electron chi connectivity index (χ2n) is 5.77. The standard InChI is InChI=1S/C14H25NO3/c1-18-13-6-4-12(5-7-13)15-8-2-3-11(10-15)9-14(16)17/h11-13H,2-10H2,1H3,(H,16,17). The fourth-order valence-corrected chi connectivity index (χ4v) is 3.49. The Balaban J connectivity index is 1.80. The second kappa shape index (κ2) is 6.53. The molecule has 1 unspecified atom stereocenters. The lowest BCUT2D eigenvalue weighted by atomic mass is 9.88. The molecule has 2 rings (SSSR count). The van der Waals surface area contributed by atoms with Crippen LogP contribution < -0.4 is 0 Å². The lowest BCUT2D eigenvalue weighted by molar-refractivity contribution is -0.138. The zero-order valence-electron chi connectivity index (χ0n) is 11.3. The Labute approximate surface area is 109 Å². The number of carboxylic acids is 1. The first-order valence-electron chi connectivity index (χ1n) is 7.17. The number of piperidine rings is 1. The molecule has 0 spiro atoms. The van der Waals surface area contributed by atoms with Crippen LogP contribution in [-0.4, -0.2) is 48.3 Å². The minimum atomic E-state index is -0.648. The maximum Gasteiger partial charge on any atom is 0.303 e. The Morgan fingerprint density at radius 3 is 2.61 bits per heavy atom. The van der Waals surface area contributed by atoms with Gasteiger partial charge in [0.2, 0.25) is 0 Å². The molecule has 1 heterocycles. The molecular weight excluding hydrogens is 230 g/mol. The quantitative estimate of drug-likeness (QED) is 0.836. The van der Waals surface area contributed by atoms with Gasteiger partial charge in [-0.15, -0.1) is 0 Å². The maximum atomic E-state index is 10.8. The van der Waals surface area contributed by atoms with Crippen LogP contribution >= 0.6 is 0 Å². The van der Waals surface area contributed by atoms with Crippen molar-refractivity contribution >= 4 is 5.97 Å². The lowest BCUT2D eigenvalue weighted by Crippen LogP contribution is -2.45. The second-order valence-corrected chi connectivity index (χ2v) is 5.77. The molecule has 1 atom stereocenters. The molecule has 0 amide bonds. The highest BCUT2D eigenvalue weighted by atomic mass is 16.5. The molecule has 1 saturated carbocycles. The van der Waals surface area contributed by atoms with Crippen LogP contribution in [0.2, 0.25) is 0 Å². The van der Waals surface area contributed by atoms with E-state index in [1.165, 1.54) is 12.8 Å². The fraction of sp³-hybridized carbons (Fsp3) is 0.929. The van der Waals surface area contributed by atoms with Crippen molar-refractivity contribution in [3.63, 3.8) is 0 Å². The van der Waals surface area contributed by atoms with Crippen LogP contribution in [0.1, 0.15) is 44.9 Å². The zero-order valence-corrected chi connectivity index (χ0v) is 11.3. The van der Waals surface area contributed by atoms with Crippen molar-refractivity contribution in [2.45, 2.75) is 57.1 Å². The molecule has 1 N–H and O–H groups in total. The predicted octanol–water partition coefficient (Wildman–Crippen LogP) is 2.13. The normalized spacial score (nSPS) is 34.4. The van der Waals surface area contributed by atoms with Crippen molar-refractivity contribution in [2.75, 3.05) is 20.2 Å². The lowest BCUT2D eigenvalue weighted by Gasteiger charge is -2.41. The summed E-state index contributed by atoms with van der Waals surface area (Å²) in [6.45, 7) is 2.13. The Morgan fingerprint density at radius 2 is 2.00 bits per heavy atom. The Bertz CT molecular complexity index is 274. The van der Waals surface area contributed by atoms with Crippen molar-refractivity contribution < 1.29 is 14.6 Å². The number of aliphatic carboxylic acids is 1. The van der Waals surface area contributed by atoms with Crippen molar-refractivity contribution in [3.8, 4) is 0 Å². The summed E-state index contributed by atoms with van der Waals surface area (Å²) in [6.07, 6.45) is 7.74. The summed E-state index contributed by atoms with van der Waals surface area (Å²) in [5.74, 6) is -0.290. The van der Waals surface area contributed by atoms with Gasteiger partial charge in [-0.3, -0.25) is 4.79 Å². The number of nitrogens with zero attached hydrogens (tertiary/aromatic N) is 1. The van der Waals surface area contributed by atoms with Crippen LogP contribution in [0, 0.1) is 5.92 Å².